The van der Waals surface area contributed by atoms with Gasteiger partial charge in [-0.05, 0) is 83.9 Å². The van der Waals surface area contributed by atoms with Gasteiger partial charge in [0.15, 0.2) is 0 Å². The molecule has 0 N–H and O–H groups in total. The van der Waals surface area contributed by atoms with Crippen LogP contribution < -0.4 is 0 Å². The van der Waals surface area contributed by atoms with Crippen LogP contribution in [0, 0.1) is 11.3 Å². The summed E-state index contributed by atoms with van der Waals surface area (Å²) in [7, 11) is 0. The fourth-order valence-corrected chi connectivity index (χ4v) is 8.63. The fourth-order valence-electron chi connectivity index (χ4n) is 8.63. The molecule has 0 saturated carbocycles. The molecular weight excluding hydrogens is 645 g/mol. The van der Waals surface area contributed by atoms with Crippen molar-refractivity contribution in [2.45, 2.75) is 0 Å². The number of fused-ring (bicyclic) bond motifs is 10. The molecule has 246 valence electrons. The van der Waals surface area contributed by atoms with Crippen LogP contribution in [0.3, 0.4) is 0 Å². The van der Waals surface area contributed by atoms with Crippen LogP contribution in [0.4, 0.5) is 0 Å². The zero-order valence-corrected chi connectivity index (χ0v) is 28.6. The van der Waals surface area contributed by atoms with Crippen molar-refractivity contribution in [3.63, 3.8) is 0 Å². The highest BCUT2D eigenvalue weighted by Crippen LogP contribution is 2.42. The average molecular weight is 675 g/mol. The molecule has 0 aliphatic carbocycles. The van der Waals surface area contributed by atoms with E-state index in [1.165, 1.54) is 54.4 Å². The molecule has 0 fully saturated rings. The Hall–Kier alpha value is -7.35. The molecule has 3 aromatic heterocycles. The van der Waals surface area contributed by atoms with E-state index in [-0.39, 0.29) is 0 Å². The quantitative estimate of drug-likeness (QED) is 0.183. The maximum absolute atomic E-state index is 10.4. The summed E-state index contributed by atoms with van der Waals surface area (Å²) >= 11 is 0. The standard InChI is InChI=1S/C49H30N4/c50-31-32-27-34(33-13-12-16-36(29-33)51-43-21-8-4-17-38(43)39-18-5-9-22-44(39)51)30-37(28-32)52-46-24-11-7-20-42(46)48-47(52)26-25-41-40-19-6-10-23-45(40)53(49(41)48)35-14-2-1-3-15-35/h1-30H. The van der Waals surface area contributed by atoms with Gasteiger partial charge in [0.25, 0.3) is 0 Å². The first-order valence-corrected chi connectivity index (χ1v) is 17.9. The molecular formula is C49H30N4. The molecule has 0 atom stereocenters. The van der Waals surface area contributed by atoms with Crippen LogP contribution in [0.5, 0.6) is 0 Å². The molecule has 53 heavy (non-hydrogen) atoms. The first kappa shape index (κ1) is 29.4. The number of rotatable bonds is 4. The number of aromatic nitrogens is 3. The van der Waals surface area contributed by atoms with Crippen LogP contribution in [0.15, 0.2) is 182 Å². The lowest BCUT2D eigenvalue weighted by Crippen LogP contribution is -1.97. The Bertz CT molecular complexity index is 3240. The molecule has 3 heterocycles. The maximum Gasteiger partial charge on any atom is 0.0992 e. The van der Waals surface area contributed by atoms with Crippen LogP contribution in [0.1, 0.15) is 5.56 Å². The van der Waals surface area contributed by atoms with Crippen molar-refractivity contribution in [2.24, 2.45) is 0 Å². The molecule has 0 aliphatic rings. The molecule has 0 bridgehead atoms. The van der Waals surface area contributed by atoms with Gasteiger partial charge < -0.3 is 13.7 Å². The lowest BCUT2D eigenvalue weighted by molar-refractivity contribution is 1.17. The van der Waals surface area contributed by atoms with Gasteiger partial charge in [0.1, 0.15) is 0 Å². The van der Waals surface area contributed by atoms with Gasteiger partial charge in [0.05, 0.1) is 44.7 Å². The van der Waals surface area contributed by atoms with Gasteiger partial charge in [-0.1, -0.05) is 109 Å². The highest BCUT2D eigenvalue weighted by Gasteiger charge is 2.21. The molecule has 4 nitrogen and oxygen atoms in total. The molecule has 11 aromatic rings. The van der Waals surface area contributed by atoms with Crippen molar-refractivity contribution in [1.82, 2.24) is 13.7 Å². The second kappa shape index (κ2) is 11.3. The van der Waals surface area contributed by atoms with E-state index < -0.39 is 0 Å². The molecule has 4 heteroatoms. The predicted molar refractivity (Wildman–Crippen MR) is 220 cm³/mol. The minimum Gasteiger partial charge on any atom is -0.309 e. The third-order valence-corrected chi connectivity index (χ3v) is 10.8. The van der Waals surface area contributed by atoms with Gasteiger partial charge in [-0.3, -0.25) is 0 Å². The predicted octanol–water partition coefficient (Wildman–Crippen LogP) is 12.5. The largest absolute Gasteiger partial charge is 0.309 e. The Morgan fingerprint density at radius 3 is 1.55 bits per heavy atom. The summed E-state index contributed by atoms with van der Waals surface area (Å²) in [6, 6.07) is 67.0. The third-order valence-electron chi connectivity index (χ3n) is 10.8. The van der Waals surface area contributed by atoms with Crippen molar-refractivity contribution in [3.05, 3.63) is 188 Å². The molecule has 8 aromatic carbocycles. The lowest BCUT2D eigenvalue weighted by Gasteiger charge is -2.13. The fraction of sp³-hybridized carbons (Fsp3) is 0. The summed E-state index contributed by atoms with van der Waals surface area (Å²) in [6.07, 6.45) is 0. The van der Waals surface area contributed by atoms with E-state index >= 15 is 0 Å². The second-order valence-electron chi connectivity index (χ2n) is 13.7. The van der Waals surface area contributed by atoms with E-state index in [1.54, 1.807) is 0 Å². The number of nitriles is 1. The van der Waals surface area contributed by atoms with Crippen LogP contribution in [-0.4, -0.2) is 13.7 Å². The highest BCUT2D eigenvalue weighted by molar-refractivity contribution is 6.26. The van der Waals surface area contributed by atoms with Gasteiger partial charge in [-0.2, -0.15) is 5.26 Å². The van der Waals surface area contributed by atoms with Crippen LogP contribution >= 0.6 is 0 Å². The van der Waals surface area contributed by atoms with Crippen molar-refractivity contribution in [1.29, 1.82) is 5.26 Å². The van der Waals surface area contributed by atoms with Gasteiger partial charge >= 0.3 is 0 Å². The van der Waals surface area contributed by atoms with Gasteiger partial charge in [0.2, 0.25) is 0 Å². The molecule has 0 radical (unpaired) electrons. The van der Waals surface area contributed by atoms with Crippen LogP contribution in [0.25, 0.3) is 93.6 Å². The topological polar surface area (TPSA) is 38.6 Å². The molecule has 0 spiro atoms. The van der Waals surface area contributed by atoms with E-state index in [0.717, 1.165) is 39.2 Å². The van der Waals surface area contributed by atoms with Crippen LogP contribution in [0.2, 0.25) is 0 Å². The zero-order chi connectivity index (χ0) is 35.0. The van der Waals surface area contributed by atoms with E-state index in [9.17, 15) is 5.26 Å². The van der Waals surface area contributed by atoms with Crippen molar-refractivity contribution >= 4 is 65.4 Å². The lowest BCUT2D eigenvalue weighted by atomic mass is 10.0. The normalized spacial score (nSPS) is 11.8. The van der Waals surface area contributed by atoms with E-state index in [2.05, 4.69) is 190 Å². The zero-order valence-electron chi connectivity index (χ0n) is 28.6. The molecule has 0 amide bonds. The Labute approximate surface area is 305 Å². The van der Waals surface area contributed by atoms with E-state index in [0.29, 0.717) is 5.56 Å². The molecule has 0 unspecified atom stereocenters. The van der Waals surface area contributed by atoms with Gasteiger partial charge in [0, 0.05) is 49.4 Å². The maximum atomic E-state index is 10.4. The Morgan fingerprint density at radius 1 is 0.340 bits per heavy atom. The van der Waals surface area contributed by atoms with Gasteiger partial charge in [-0.15, -0.1) is 0 Å². The smallest absolute Gasteiger partial charge is 0.0992 e. The Balaban J connectivity index is 1.17. The Morgan fingerprint density at radius 2 is 0.868 bits per heavy atom. The van der Waals surface area contributed by atoms with Crippen LogP contribution in [-0.2, 0) is 0 Å². The Kier molecular flexibility index (Phi) is 6.28. The third kappa shape index (κ3) is 4.29. The van der Waals surface area contributed by atoms with Crippen molar-refractivity contribution in [3.8, 4) is 34.3 Å². The first-order valence-electron chi connectivity index (χ1n) is 17.9. The summed E-state index contributed by atoms with van der Waals surface area (Å²) in [5, 5.41) is 17.7. The summed E-state index contributed by atoms with van der Waals surface area (Å²) < 4.78 is 7.08. The molecule has 11 rings (SSSR count). The number of benzene rings is 8. The molecule has 0 aliphatic heterocycles. The highest BCUT2D eigenvalue weighted by atomic mass is 15.0. The van der Waals surface area contributed by atoms with Gasteiger partial charge in [-0.25, -0.2) is 0 Å². The summed E-state index contributed by atoms with van der Waals surface area (Å²) in [5.41, 5.74) is 12.7. The number of hydrogen-bond donors (Lipinski definition) is 0. The van der Waals surface area contributed by atoms with Crippen molar-refractivity contribution in [2.75, 3.05) is 0 Å². The van der Waals surface area contributed by atoms with E-state index in [4.69, 9.17) is 0 Å². The SMILES string of the molecule is N#Cc1cc(-c2cccc(-n3c4ccccc4c4ccccc43)c2)cc(-n2c3ccccc3c3c2ccc2c4ccccc4n(-c4ccccc4)c23)c1. The summed E-state index contributed by atoms with van der Waals surface area (Å²) in [6.45, 7) is 0. The number of nitrogens with zero attached hydrogens (tertiary/aromatic N) is 4. The van der Waals surface area contributed by atoms with Crippen molar-refractivity contribution < 1.29 is 0 Å². The summed E-state index contributed by atoms with van der Waals surface area (Å²) in [4.78, 5) is 0. The monoisotopic (exact) mass is 674 g/mol. The average Bonchev–Trinajstić information content (AvgIpc) is 3.87. The number of hydrogen-bond acceptors (Lipinski definition) is 1. The first-order chi connectivity index (χ1) is 26.3. The molecule has 0 saturated heterocycles. The second-order valence-corrected chi connectivity index (χ2v) is 13.7. The number of para-hydroxylation sites is 5. The van der Waals surface area contributed by atoms with E-state index in [1.807, 2.05) is 12.1 Å². The minimum absolute atomic E-state index is 0.616. The summed E-state index contributed by atoms with van der Waals surface area (Å²) in [5.74, 6) is 0. The minimum atomic E-state index is 0.616.